The Kier molecular flexibility index (Phi) is 6.09. The van der Waals surface area contributed by atoms with Crippen molar-refractivity contribution in [2.75, 3.05) is 13.7 Å². The average molecular weight is 322 g/mol. The Balaban J connectivity index is 1.63. The Hall–Kier alpha value is -1.60. The number of hydrogen-bond acceptors (Lipinski definition) is 1. The van der Waals surface area contributed by atoms with E-state index in [0.29, 0.717) is 0 Å². The molecule has 0 aliphatic heterocycles. The average Bonchev–Trinajstić information content (AvgIpc) is 2.64. The lowest BCUT2D eigenvalue weighted by atomic mass is 9.79. The fourth-order valence-corrected chi connectivity index (χ4v) is 4.00. The largest absolute Gasteiger partial charge is 0.384 e. The first-order valence-corrected chi connectivity index (χ1v) is 9.48. The van der Waals surface area contributed by atoms with E-state index in [0.717, 1.165) is 18.4 Å². The van der Waals surface area contributed by atoms with E-state index in [-0.39, 0.29) is 0 Å². The molecule has 1 aliphatic carbocycles. The highest BCUT2D eigenvalue weighted by atomic mass is 16.5. The number of rotatable bonds is 6. The molecule has 24 heavy (non-hydrogen) atoms. The van der Waals surface area contributed by atoms with Gasteiger partial charge in [0.05, 0.1) is 0 Å². The van der Waals surface area contributed by atoms with Crippen LogP contribution >= 0.6 is 0 Å². The molecule has 0 heterocycles. The Morgan fingerprint density at radius 2 is 1.42 bits per heavy atom. The second kappa shape index (κ2) is 8.48. The maximum Gasteiger partial charge on any atom is 0.0490 e. The van der Waals surface area contributed by atoms with Crippen LogP contribution in [0.25, 0.3) is 11.1 Å². The fourth-order valence-electron chi connectivity index (χ4n) is 4.00. The number of methoxy groups -OCH3 is 1. The molecule has 0 radical (unpaired) electrons. The van der Waals surface area contributed by atoms with Gasteiger partial charge in [-0.2, -0.15) is 0 Å². The first-order chi connectivity index (χ1) is 11.8. The fraction of sp³-hybridized carbons (Fsp3) is 0.478. The first-order valence-electron chi connectivity index (χ1n) is 9.48. The van der Waals surface area contributed by atoms with Crippen LogP contribution in [0, 0.1) is 5.92 Å². The van der Waals surface area contributed by atoms with Crippen LogP contribution in [-0.4, -0.2) is 13.7 Å². The van der Waals surface area contributed by atoms with Gasteiger partial charge in [0.2, 0.25) is 0 Å². The summed E-state index contributed by atoms with van der Waals surface area (Å²) in [5, 5.41) is 0. The Labute approximate surface area is 147 Å². The van der Waals surface area contributed by atoms with Crippen molar-refractivity contribution in [1.29, 1.82) is 0 Å². The van der Waals surface area contributed by atoms with Gasteiger partial charge >= 0.3 is 0 Å². The molecule has 0 atom stereocenters. The predicted molar refractivity (Wildman–Crippen MR) is 102 cm³/mol. The Bertz CT molecular complexity index is 603. The minimum absolute atomic E-state index is 0.735. The molecule has 0 unspecified atom stereocenters. The van der Waals surface area contributed by atoms with Gasteiger partial charge < -0.3 is 4.74 Å². The third-order valence-corrected chi connectivity index (χ3v) is 5.46. The molecule has 1 saturated carbocycles. The summed E-state index contributed by atoms with van der Waals surface area (Å²) in [5.74, 6) is 1.51. The normalized spacial score (nSPS) is 20.9. The van der Waals surface area contributed by atoms with E-state index in [1.165, 1.54) is 60.8 Å². The van der Waals surface area contributed by atoms with Crippen LogP contribution < -0.4 is 0 Å². The second-order valence-corrected chi connectivity index (χ2v) is 7.24. The number of aryl methyl sites for hydroxylation is 1. The van der Waals surface area contributed by atoms with E-state index < -0.39 is 0 Å². The molecule has 128 valence electrons. The first kappa shape index (κ1) is 17.2. The number of benzene rings is 2. The van der Waals surface area contributed by atoms with E-state index in [9.17, 15) is 0 Å². The van der Waals surface area contributed by atoms with Crippen LogP contribution in [0.4, 0.5) is 0 Å². The highest BCUT2D eigenvalue weighted by Gasteiger charge is 2.22. The van der Waals surface area contributed by atoms with Gasteiger partial charge in [-0.15, -0.1) is 0 Å². The van der Waals surface area contributed by atoms with Crippen molar-refractivity contribution in [2.24, 2.45) is 5.92 Å². The number of ether oxygens (including phenoxy) is 1. The molecular weight excluding hydrogens is 292 g/mol. The molecule has 0 spiro atoms. The number of hydrogen-bond donors (Lipinski definition) is 0. The zero-order chi connectivity index (χ0) is 16.8. The van der Waals surface area contributed by atoms with E-state index >= 15 is 0 Å². The van der Waals surface area contributed by atoms with Crippen molar-refractivity contribution in [3.63, 3.8) is 0 Å². The molecule has 0 N–H and O–H groups in total. The van der Waals surface area contributed by atoms with Crippen LogP contribution in [0.3, 0.4) is 0 Å². The van der Waals surface area contributed by atoms with E-state index in [1.807, 2.05) is 7.11 Å². The Morgan fingerprint density at radius 1 is 0.833 bits per heavy atom. The van der Waals surface area contributed by atoms with Gasteiger partial charge in [-0.3, -0.25) is 0 Å². The van der Waals surface area contributed by atoms with Crippen LogP contribution in [0.5, 0.6) is 0 Å². The summed E-state index contributed by atoms with van der Waals surface area (Å²) in [7, 11) is 1.82. The molecule has 1 nitrogen and oxygen atoms in total. The summed E-state index contributed by atoms with van der Waals surface area (Å²) >= 11 is 0. The molecule has 3 rings (SSSR count). The molecule has 0 amide bonds. The van der Waals surface area contributed by atoms with Crippen molar-refractivity contribution in [1.82, 2.24) is 0 Å². The minimum Gasteiger partial charge on any atom is -0.384 e. The monoisotopic (exact) mass is 322 g/mol. The topological polar surface area (TPSA) is 9.23 Å². The summed E-state index contributed by atoms with van der Waals surface area (Å²) in [6.45, 7) is 3.16. The molecule has 1 fully saturated rings. The molecular formula is C23H30O. The lowest BCUT2D eigenvalue weighted by molar-refractivity contribution is 0.127. The second-order valence-electron chi connectivity index (χ2n) is 7.24. The third-order valence-electron chi connectivity index (χ3n) is 5.46. The van der Waals surface area contributed by atoms with Gasteiger partial charge in [0.25, 0.3) is 0 Å². The van der Waals surface area contributed by atoms with Crippen LogP contribution in [0.15, 0.2) is 48.5 Å². The SMILES string of the molecule is CCCc1ccc(-c2ccc(C3CCC(COC)CC3)cc2)cc1. The summed E-state index contributed by atoms with van der Waals surface area (Å²) in [6, 6.07) is 18.3. The molecule has 0 saturated heterocycles. The minimum atomic E-state index is 0.735. The van der Waals surface area contributed by atoms with Crippen molar-refractivity contribution >= 4 is 0 Å². The van der Waals surface area contributed by atoms with Crippen molar-refractivity contribution < 1.29 is 4.74 Å². The van der Waals surface area contributed by atoms with Gasteiger partial charge in [-0.05, 0) is 66.2 Å². The molecule has 0 aromatic heterocycles. The molecule has 2 aromatic rings. The molecule has 0 bridgehead atoms. The van der Waals surface area contributed by atoms with Crippen molar-refractivity contribution in [2.45, 2.75) is 51.4 Å². The van der Waals surface area contributed by atoms with Crippen molar-refractivity contribution in [3.8, 4) is 11.1 Å². The van der Waals surface area contributed by atoms with Gasteiger partial charge in [0.1, 0.15) is 0 Å². The lowest BCUT2D eigenvalue weighted by Crippen LogP contribution is -2.17. The van der Waals surface area contributed by atoms with Gasteiger partial charge in [-0.25, -0.2) is 0 Å². The van der Waals surface area contributed by atoms with Gasteiger partial charge in [0, 0.05) is 13.7 Å². The van der Waals surface area contributed by atoms with E-state index in [2.05, 4.69) is 55.5 Å². The van der Waals surface area contributed by atoms with E-state index in [1.54, 1.807) is 0 Å². The summed E-state index contributed by atoms with van der Waals surface area (Å²) in [5.41, 5.74) is 5.60. The molecule has 2 aromatic carbocycles. The Morgan fingerprint density at radius 3 is 1.96 bits per heavy atom. The van der Waals surface area contributed by atoms with Crippen LogP contribution in [0.1, 0.15) is 56.1 Å². The van der Waals surface area contributed by atoms with Gasteiger partial charge in [0.15, 0.2) is 0 Å². The summed E-state index contributed by atoms with van der Waals surface area (Å²) < 4.78 is 5.31. The third kappa shape index (κ3) is 4.27. The summed E-state index contributed by atoms with van der Waals surface area (Å²) in [6.07, 6.45) is 7.60. The highest BCUT2D eigenvalue weighted by Crippen LogP contribution is 2.36. The highest BCUT2D eigenvalue weighted by molar-refractivity contribution is 5.64. The predicted octanol–water partition coefficient (Wildman–Crippen LogP) is 6.23. The molecule has 1 heteroatoms. The zero-order valence-corrected chi connectivity index (χ0v) is 15.1. The standard InChI is InChI=1S/C23H30O/c1-3-4-18-5-9-20(10-6-18)22-13-15-23(16-14-22)21-11-7-19(8-12-21)17-24-2/h5-6,9-10,13-16,19,21H,3-4,7-8,11-12,17H2,1-2H3. The zero-order valence-electron chi connectivity index (χ0n) is 15.1. The quantitative estimate of drug-likeness (QED) is 0.613. The maximum atomic E-state index is 5.31. The smallest absolute Gasteiger partial charge is 0.0490 e. The van der Waals surface area contributed by atoms with Crippen LogP contribution in [-0.2, 0) is 11.2 Å². The van der Waals surface area contributed by atoms with E-state index in [4.69, 9.17) is 4.74 Å². The molecule has 1 aliphatic rings. The van der Waals surface area contributed by atoms with Gasteiger partial charge in [-0.1, -0.05) is 61.9 Å². The lowest BCUT2D eigenvalue weighted by Gasteiger charge is -2.28. The van der Waals surface area contributed by atoms with Crippen LogP contribution in [0.2, 0.25) is 0 Å². The maximum absolute atomic E-state index is 5.31. The summed E-state index contributed by atoms with van der Waals surface area (Å²) in [4.78, 5) is 0. The van der Waals surface area contributed by atoms with Crippen molar-refractivity contribution in [3.05, 3.63) is 59.7 Å².